The summed E-state index contributed by atoms with van der Waals surface area (Å²) in [5.74, 6) is 2.38. The van der Waals surface area contributed by atoms with E-state index in [-0.39, 0.29) is 11.9 Å². The fourth-order valence-electron chi connectivity index (χ4n) is 4.03. The molecule has 4 rings (SSSR count). The van der Waals surface area contributed by atoms with Crippen LogP contribution in [0.1, 0.15) is 17.2 Å². The molecule has 6 nitrogen and oxygen atoms in total. The lowest BCUT2D eigenvalue weighted by atomic mass is 9.92. The van der Waals surface area contributed by atoms with E-state index in [0.29, 0.717) is 35.5 Å². The van der Waals surface area contributed by atoms with E-state index < -0.39 is 0 Å². The highest BCUT2D eigenvalue weighted by atomic mass is 32.1. The lowest BCUT2D eigenvalue weighted by Gasteiger charge is -2.39. The zero-order valence-electron chi connectivity index (χ0n) is 19.3. The molecule has 1 aliphatic heterocycles. The number of anilines is 1. The molecule has 0 spiro atoms. The Morgan fingerprint density at radius 3 is 2.24 bits per heavy atom. The van der Waals surface area contributed by atoms with Crippen molar-refractivity contribution in [3.05, 3.63) is 77.6 Å². The van der Waals surface area contributed by atoms with Gasteiger partial charge < -0.3 is 29.2 Å². The molecule has 0 aromatic heterocycles. The summed E-state index contributed by atoms with van der Waals surface area (Å²) in [4.78, 5) is 2.11. The predicted octanol–water partition coefficient (Wildman–Crippen LogP) is 5.23. The minimum Gasteiger partial charge on any atom is -0.497 e. The summed E-state index contributed by atoms with van der Waals surface area (Å²) in [5, 5.41) is 3.90. The molecule has 1 aliphatic rings. The van der Waals surface area contributed by atoms with Crippen LogP contribution >= 0.6 is 12.2 Å². The number of thiocarbonyl (C=S) groups is 1. The second-order valence-electron chi connectivity index (χ2n) is 7.79. The Labute approximate surface area is 204 Å². The van der Waals surface area contributed by atoms with Gasteiger partial charge in [0.25, 0.3) is 0 Å². The normalized spacial score (nSPS) is 14.7. The number of methoxy groups -OCH3 is 3. The number of rotatable bonds is 7. The second-order valence-corrected chi connectivity index (χ2v) is 8.18. The largest absolute Gasteiger partial charge is 0.497 e. The molecule has 0 unspecified atom stereocenters. The van der Waals surface area contributed by atoms with Gasteiger partial charge in [-0.15, -0.1) is 0 Å². The Bertz CT molecular complexity index is 1140. The first-order valence-electron chi connectivity index (χ1n) is 10.9. The minimum atomic E-state index is -0.307. The van der Waals surface area contributed by atoms with Crippen molar-refractivity contribution in [2.24, 2.45) is 0 Å². The fourth-order valence-corrected chi connectivity index (χ4v) is 4.36. The summed E-state index contributed by atoms with van der Waals surface area (Å²) in [6, 6.07) is 17.4. The molecule has 0 bridgehead atoms. The monoisotopic (exact) mass is 482 g/mol. The highest BCUT2D eigenvalue weighted by Gasteiger charge is 2.31. The van der Waals surface area contributed by atoms with E-state index in [4.69, 9.17) is 31.2 Å². The molecule has 1 N–H and O–H groups in total. The van der Waals surface area contributed by atoms with Crippen molar-refractivity contribution in [1.29, 1.82) is 0 Å². The molecule has 0 saturated heterocycles. The zero-order valence-corrected chi connectivity index (χ0v) is 20.2. The van der Waals surface area contributed by atoms with Gasteiger partial charge in [-0.2, -0.15) is 0 Å². The third-order valence-electron chi connectivity index (χ3n) is 5.83. The van der Waals surface area contributed by atoms with Gasteiger partial charge in [-0.1, -0.05) is 0 Å². The number of nitrogens with one attached hydrogen (secondary N) is 1. The SMILES string of the molecule is COc1ccc(NC(=S)N2CCc3cc(OC)c(OC)cc3[C@@H]2COc2ccc(F)cc2)cc1. The molecule has 178 valence electrons. The first-order chi connectivity index (χ1) is 16.5. The van der Waals surface area contributed by atoms with Crippen LogP contribution < -0.4 is 24.3 Å². The lowest BCUT2D eigenvalue weighted by Crippen LogP contribution is -2.44. The molecule has 0 radical (unpaired) electrons. The molecule has 0 saturated carbocycles. The first-order valence-corrected chi connectivity index (χ1v) is 11.3. The second kappa shape index (κ2) is 10.6. The summed E-state index contributed by atoms with van der Waals surface area (Å²) in [5.41, 5.74) is 3.06. The standard InChI is InChI=1S/C26H27FN2O4S/c1-30-20-10-6-19(7-11-20)28-26(34)29-13-12-17-14-24(31-2)25(32-3)15-22(17)23(29)16-33-21-8-4-18(27)5-9-21/h4-11,14-15,23H,12-13,16H2,1-3H3,(H,28,34)/t23-/m0/s1. The van der Waals surface area contributed by atoms with Crippen molar-refractivity contribution in [3.8, 4) is 23.0 Å². The maximum Gasteiger partial charge on any atom is 0.174 e. The molecular weight excluding hydrogens is 455 g/mol. The number of halogens is 1. The third-order valence-corrected chi connectivity index (χ3v) is 6.16. The van der Waals surface area contributed by atoms with Crippen molar-refractivity contribution in [2.75, 3.05) is 39.8 Å². The average molecular weight is 483 g/mol. The average Bonchev–Trinajstić information content (AvgIpc) is 2.87. The van der Waals surface area contributed by atoms with E-state index in [1.54, 1.807) is 33.5 Å². The van der Waals surface area contributed by atoms with E-state index in [1.807, 2.05) is 36.4 Å². The molecular formula is C26H27FN2O4S. The number of nitrogens with zero attached hydrogens (tertiary/aromatic N) is 1. The Kier molecular flexibility index (Phi) is 7.37. The quantitative estimate of drug-likeness (QED) is 0.463. The molecule has 34 heavy (non-hydrogen) atoms. The minimum absolute atomic E-state index is 0.188. The Hall–Kier alpha value is -3.52. The van der Waals surface area contributed by atoms with Gasteiger partial charge in [0.05, 0.1) is 27.4 Å². The predicted molar refractivity (Wildman–Crippen MR) is 134 cm³/mol. The van der Waals surface area contributed by atoms with Gasteiger partial charge in [0.15, 0.2) is 16.6 Å². The number of ether oxygens (including phenoxy) is 4. The maximum atomic E-state index is 13.3. The first kappa shape index (κ1) is 23.6. The van der Waals surface area contributed by atoms with Crippen molar-refractivity contribution in [3.63, 3.8) is 0 Å². The van der Waals surface area contributed by atoms with Gasteiger partial charge in [-0.25, -0.2) is 4.39 Å². The molecule has 3 aromatic rings. The van der Waals surface area contributed by atoms with E-state index >= 15 is 0 Å². The van der Waals surface area contributed by atoms with Crippen molar-refractivity contribution in [1.82, 2.24) is 4.90 Å². The number of benzene rings is 3. The van der Waals surface area contributed by atoms with Crippen molar-refractivity contribution < 1.29 is 23.3 Å². The van der Waals surface area contributed by atoms with E-state index in [2.05, 4.69) is 10.2 Å². The van der Waals surface area contributed by atoms with Crippen LogP contribution in [0.5, 0.6) is 23.0 Å². The van der Waals surface area contributed by atoms with E-state index in [0.717, 1.165) is 29.0 Å². The Balaban J connectivity index is 1.62. The molecule has 0 fully saturated rings. The Morgan fingerprint density at radius 1 is 0.941 bits per heavy atom. The van der Waals surface area contributed by atoms with Gasteiger partial charge in [-0.3, -0.25) is 0 Å². The van der Waals surface area contributed by atoms with Crippen molar-refractivity contribution in [2.45, 2.75) is 12.5 Å². The Morgan fingerprint density at radius 2 is 1.59 bits per heavy atom. The highest BCUT2D eigenvalue weighted by molar-refractivity contribution is 7.80. The third kappa shape index (κ3) is 5.17. The van der Waals surface area contributed by atoms with Crippen LogP contribution in [0, 0.1) is 5.82 Å². The highest BCUT2D eigenvalue weighted by Crippen LogP contribution is 2.38. The van der Waals surface area contributed by atoms with Crippen molar-refractivity contribution >= 4 is 23.0 Å². The van der Waals surface area contributed by atoms with Crippen LogP contribution in [0.4, 0.5) is 10.1 Å². The molecule has 1 atom stereocenters. The number of hydrogen-bond donors (Lipinski definition) is 1. The van der Waals surface area contributed by atoms with E-state index in [1.165, 1.54) is 12.1 Å². The maximum absolute atomic E-state index is 13.3. The summed E-state index contributed by atoms with van der Waals surface area (Å²) >= 11 is 5.80. The topological polar surface area (TPSA) is 52.2 Å². The number of fused-ring (bicyclic) bond motifs is 1. The zero-order chi connectivity index (χ0) is 24.1. The molecule has 8 heteroatoms. The van der Waals surface area contributed by atoms with Gasteiger partial charge in [-0.05, 0) is 90.4 Å². The van der Waals surface area contributed by atoms with Crippen LogP contribution in [0.3, 0.4) is 0 Å². The van der Waals surface area contributed by atoms with Crippen LogP contribution in [0.25, 0.3) is 0 Å². The van der Waals surface area contributed by atoms with Gasteiger partial charge in [0, 0.05) is 12.2 Å². The molecule has 0 amide bonds. The van der Waals surface area contributed by atoms with Crippen LogP contribution in [0.15, 0.2) is 60.7 Å². The van der Waals surface area contributed by atoms with Gasteiger partial charge in [0.2, 0.25) is 0 Å². The van der Waals surface area contributed by atoms with Crippen LogP contribution in [0.2, 0.25) is 0 Å². The summed E-state index contributed by atoms with van der Waals surface area (Å²) < 4.78 is 35.7. The summed E-state index contributed by atoms with van der Waals surface area (Å²) in [6.07, 6.45) is 0.785. The van der Waals surface area contributed by atoms with Gasteiger partial charge in [0.1, 0.15) is 23.9 Å². The molecule has 0 aliphatic carbocycles. The summed E-state index contributed by atoms with van der Waals surface area (Å²) in [6.45, 7) is 1.01. The molecule has 1 heterocycles. The van der Waals surface area contributed by atoms with Crippen LogP contribution in [-0.4, -0.2) is 44.5 Å². The summed E-state index contributed by atoms with van der Waals surface area (Å²) in [7, 11) is 4.88. The van der Waals surface area contributed by atoms with Gasteiger partial charge >= 0.3 is 0 Å². The fraction of sp³-hybridized carbons (Fsp3) is 0.269. The number of hydrogen-bond acceptors (Lipinski definition) is 5. The smallest absolute Gasteiger partial charge is 0.174 e. The van der Waals surface area contributed by atoms with E-state index in [9.17, 15) is 4.39 Å². The lowest BCUT2D eigenvalue weighted by molar-refractivity contribution is 0.190. The molecule has 3 aromatic carbocycles. The van der Waals surface area contributed by atoms with Crippen LogP contribution in [-0.2, 0) is 6.42 Å².